The topological polar surface area (TPSA) is 21.3 Å². The van der Waals surface area contributed by atoms with Gasteiger partial charge >= 0.3 is 0 Å². The molecule has 0 spiro atoms. The van der Waals surface area contributed by atoms with Crippen LogP contribution in [0.2, 0.25) is 0 Å². The molecule has 0 saturated carbocycles. The Bertz CT molecular complexity index is 406. The Morgan fingerprint density at radius 1 is 1.15 bits per heavy atom. The van der Waals surface area contributed by atoms with Crippen LogP contribution in [-0.2, 0) is 4.84 Å². The lowest BCUT2D eigenvalue weighted by Gasteiger charge is -2.17. The molecule has 0 saturated heterocycles. The predicted octanol–water partition coefficient (Wildman–Crippen LogP) is 2.17. The number of hydrogen-bond donors (Lipinski definition) is 1. The first-order valence-electron chi connectivity index (χ1n) is 4.33. The number of benzene rings is 1. The molecule has 1 aromatic rings. The number of fused-ring (bicyclic) bond motifs is 3. The van der Waals surface area contributed by atoms with Gasteiger partial charge in [-0.05, 0) is 11.1 Å². The average Bonchev–Trinajstić information content (AvgIpc) is 2.65. The van der Waals surface area contributed by atoms with Crippen molar-refractivity contribution in [1.29, 1.82) is 0 Å². The summed E-state index contributed by atoms with van der Waals surface area (Å²) >= 11 is 0. The monoisotopic (exact) mass is 171 g/mol. The van der Waals surface area contributed by atoms with Gasteiger partial charge in [0, 0.05) is 5.57 Å². The first-order valence-corrected chi connectivity index (χ1v) is 4.33. The molecule has 1 aliphatic carbocycles. The summed E-state index contributed by atoms with van der Waals surface area (Å²) < 4.78 is 0. The standard InChI is InChI=1S/C11H9NO/c1-2-4-10-8(3-1)5-6-9-7-13-12-11(9)10/h1-7,11-12H. The SMILES string of the molecule is C1=Cc2ccccc2C2NOC=C12. The summed E-state index contributed by atoms with van der Waals surface area (Å²) in [5.74, 6) is 0. The Balaban J connectivity index is 2.20. The number of rotatable bonds is 0. The molecular formula is C11H9NO. The molecule has 0 bridgehead atoms. The van der Waals surface area contributed by atoms with E-state index in [1.54, 1.807) is 6.26 Å². The average molecular weight is 171 g/mol. The lowest BCUT2D eigenvalue weighted by molar-refractivity contribution is 0.142. The minimum atomic E-state index is 0.223. The summed E-state index contributed by atoms with van der Waals surface area (Å²) in [4.78, 5) is 5.09. The predicted molar refractivity (Wildman–Crippen MR) is 50.5 cm³/mol. The van der Waals surface area contributed by atoms with Gasteiger partial charge < -0.3 is 4.84 Å². The van der Waals surface area contributed by atoms with E-state index in [0.717, 1.165) is 0 Å². The molecule has 0 aromatic heterocycles. The van der Waals surface area contributed by atoms with Crippen LogP contribution in [0.1, 0.15) is 17.2 Å². The van der Waals surface area contributed by atoms with Crippen molar-refractivity contribution in [3.8, 4) is 0 Å². The van der Waals surface area contributed by atoms with Crippen molar-refractivity contribution in [2.75, 3.05) is 0 Å². The molecule has 2 nitrogen and oxygen atoms in total. The third-order valence-corrected chi connectivity index (χ3v) is 2.48. The fourth-order valence-electron chi connectivity index (χ4n) is 1.80. The van der Waals surface area contributed by atoms with Crippen molar-refractivity contribution in [1.82, 2.24) is 5.48 Å². The van der Waals surface area contributed by atoms with Crippen LogP contribution in [-0.4, -0.2) is 0 Å². The first-order chi connectivity index (χ1) is 6.45. The molecule has 13 heavy (non-hydrogen) atoms. The summed E-state index contributed by atoms with van der Waals surface area (Å²) in [6.07, 6.45) is 5.97. The van der Waals surface area contributed by atoms with Crippen molar-refractivity contribution in [3.05, 3.63) is 53.3 Å². The van der Waals surface area contributed by atoms with Crippen LogP contribution in [0, 0.1) is 0 Å². The number of hydrogen-bond acceptors (Lipinski definition) is 2. The van der Waals surface area contributed by atoms with Crippen molar-refractivity contribution in [2.45, 2.75) is 6.04 Å². The van der Waals surface area contributed by atoms with E-state index in [1.165, 1.54) is 16.7 Å². The maximum Gasteiger partial charge on any atom is 0.116 e. The molecule has 1 heterocycles. The summed E-state index contributed by atoms with van der Waals surface area (Å²) in [5, 5.41) is 0. The van der Waals surface area contributed by atoms with Gasteiger partial charge in [-0.3, -0.25) is 0 Å². The Hall–Kier alpha value is -1.54. The zero-order chi connectivity index (χ0) is 8.67. The molecule has 1 aliphatic heterocycles. The molecule has 0 fully saturated rings. The molecule has 2 aliphatic rings. The summed E-state index contributed by atoms with van der Waals surface area (Å²) in [7, 11) is 0. The largest absolute Gasteiger partial charge is 0.415 e. The van der Waals surface area contributed by atoms with Gasteiger partial charge in [0.2, 0.25) is 0 Å². The third kappa shape index (κ3) is 0.924. The van der Waals surface area contributed by atoms with Crippen LogP contribution in [0.4, 0.5) is 0 Å². The van der Waals surface area contributed by atoms with E-state index in [2.05, 4.69) is 35.8 Å². The molecule has 1 unspecified atom stereocenters. The second-order valence-electron chi connectivity index (χ2n) is 3.25. The van der Waals surface area contributed by atoms with E-state index in [0.29, 0.717) is 0 Å². The van der Waals surface area contributed by atoms with Gasteiger partial charge in [-0.25, -0.2) is 0 Å². The summed E-state index contributed by atoms with van der Waals surface area (Å²) in [6.45, 7) is 0. The van der Waals surface area contributed by atoms with Crippen LogP contribution in [0.5, 0.6) is 0 Å². The fraction of sp³-hybridized carbons (Fsp3) is 0.0909. The van der Waals surface area contributed by atoms with Crippen LogP contribution >= 0.6 is 0 Å². The number of nitrogens with one attached hydrogen (secondary N) is 1. The molecular weight excluding hydrogens is 162 g/mol. The Kier molecular flexibility index (Phi) is 1.32. The van der Waals surface area contributed by atoms with Gasteiger partial charge in [-0.15, -0.1) is 5.48 Å². The van der Waals surface area contributed by atoms with Crippen molar-refractivity contribution in [3.63, 3.8) is 0 Å². The van der Waals surface area contributed by atoms with Crippen LogP contribution in [0.25, 0.3) is 6.08 Å². The smallest absolute Gasteiger partial charge is 0.116 e. The van der Waals surface area contributed by atoms with Crippen LogP contribution in [0.3, 0.4) is 0 Å². The maximum atomic E-state index is 5.09. The Morgan fingerprint density at radius 3 is 3.08 bits per heavy atom. The van der Waals surface area contributed by atoms with Gasteiger partial charge in [0.05, 0.1) is 6.04 Å². The minimum absolute atomic E-state index is 0.223. The summed E-state index contributed by atoms with van der Waals surface area (Å²) in [6, 6.07) is 8.56. The highest BCUT2D eigenvalue weighted by atomic mass is 16.6. The molecule has 1 aromatic carbocycles. The van der Waals surface area contributed by atoms with E-state index in [1.807, 2.05) is 6.07 Å². The van der Waals surface area contributed by atoms with Gasteiger partial charge in [0.15, 0.2) is 0 Å². The first kappa shape index (κ1) is 6.92. The molecule has 0 radical (unpaired) electrons. The summed E-state index contributed by atoms with van der Waals surface area (Å²) in [5.41, 5.74) is 6.72. The molecule has 0 amide bonds. The highest BCUT2D eigenvalue weighted by Gasteiger charge is 2.24. The quantitative estimate of drug-likeness (QED) is 0.646. The highest BCUT2D eigenvalue weighted by molar-refractivity contribution is 5.63. The van der Waals surface area contributed by atoms with Gasteiger partial charge in [-0.1, -0.05) is 36.4 Å². The molecule has 1 atom stereocenters. The van der Waals surface area contributed by atoms with E-state index in [4.69, 9.17) is 4.84 Å². The van der Waals surface area contributed by atoms with E-state index < -0.39 is 0 Å². The van der Waals surface area contributed by atoms with Gasteiger partial charge in [0.1, 0.15) is 6.26 Å². The van der Waals surface area contributed by atoms with E-state index >= 15 is 0 Å². The second kappa shape index (κ2) is 2.47. The van der Waals surface area contributed by atoms with E-state index in [9.17, 15) is 0 Å². The fourth-order valence-corrected chi connectivity index (χ4v) is 1.80. The molecule has 64 valence electrons. The molecule has 1 N–H and O–H groups in total. The zero-order valence-electron chi connectivity index (χ0n) is 7.03. The van der Waals surface area contributed by atoms with Crippen molar-refractivity contribution in [2.24, 2.45) is 0 Å². The maximum absolute atomic E-state index is 5.09. The van der Waals surface area contributed by atoms with Gasteiger partial charge in [-0.2, -0.15) is 0 Å². The lowest BCUT2D eigenvalue weighted by Crippen LogP contribution is -2.17. The Labute approximate surface area is 76.5 Å². The third-order valence-electron chi connectivity index (χ3n) is 2.48. The van der Waals surface area contributed by atoms with Gasteiger partial charge in [0.25, 0.3) is 0 Å². The minimum Gasteiger partial charge on any atom is -0.415 e. The van der Waals surface area contributed by atoms with Crippen LogP contribution < -0.4 is 5.48 Å². The molecule has 2 heteroatoms. The zero-order valence-corrected chi connectivity index (χ0v) is 7.03. The Morgan fingerprint density at radius 2 is 2.08 bits per heavy atom. The molecule has 3 rings (SSSR count). The van der Waals surface area contributed by atoms with Crippen molar-refractivity contribution < 1.29 is 4.84 Å². The second-order valence-corrected chi connectivity index (χ2v) is 3.25. The lowest BCUT2D eigenvalue weighted by atomic mass is 9.91. The van der Waals surface area contributed by atoms with Crippen molar-refractivity contribution >= 4 is 6.08 Å². The van der Waals surface area contributed by atoms with E-state index in [-0.39, 0.29) is 6.04 Å². The number of hydroxylamine groups is 1. The normalized spacial score (nSPS) is 23.1. The highest BCUT2D eigenvalue weighted by Crippen LogP contribution is 2.33. The van der Waals surface area contributed by atoms with Crippen LogP contribution in [0.15, 0.2) is 42.2 Å².